The van der Waals surface area contributed by atoms with Gasteiger partial charge >= 0.3 is 0 Å². The van der Waals surface area contributed by atoms with Gasteiger partial charge in [-0.2, -0.15) is 0 Å². The van der Waals surface area contributed by atoms with Crippen LogP contribution in [0.4, 0.5) is 0 Å². The number of hydrogen-bond acceptors (Lipinski definition) is 5. The van der Waals surface area contributed by atoms with Gasteiger partial charge in [0.1, 0.15) is 12.4 Å². The predicted octanol–water partition coefficient (Wildman–Crippen LogP) is 3.29. The van der Waals surface area contributed by atoms with Crippen LogP contribution in [-0.4, -0.2) is 51.1 Å². The molecule has 0 aliphatic carbocycles. The quantitative estimate of drug-likeness (QED) is 0.581. The lowest BCUT2D eigenvalue weighted by molar-refractivity contribution is -0.134. The van der Waals surface area contributed by atoms with Crippen molar-refractivity contribution in [3.8, 4) is 22.9 Å². The fourth-order valence-electron chi connectivity index (χ4n) is 3.87. The van der Waals surface area contributed by atoms with Crippen LogP contribution in [0.1, 0.15) is 26.7 Å². The zero-order valence-electron chi connectivity index (χ0n) is 17.3. The van der Waals surface area contributed by atoms with Crippen LogP contribution in [0.2, 0.25) is 0 Å². The third-order valence-electron chi connectivity index (χ3n) is 5.74. The summed E-state index contributed by atoms with van der Waals surface area (Å²) >= 11 is 0. The van der Waals surface area contributed by atoms with Crippen molar-refractivity contribution in [1.29, 1.82) is 0 Å². The number of H-pyrrole nitrogens is 1. The summed E-state index contributed by atoms with van der Waals surface area (Å²) in [5.74, 6) is 1.05. The maximum Gasteiger partial charge on any atom is 0.240 e. The molecule has 2 aromatic carbocycles. The van der Waals surface area contributed by atoms with Crippen LogP contribution >= 0.6 is 0 Å². The van der Waals surface area contributed by atoms with Gasteiger partial charge in [-0.15, -0.1) is 0 Å². The van der Waals surface area contributed by atoms with Crippen LogP contribution in [0.5, 0.6) is 11.5 Å². The molecule has 0 radical (unpaired) electrons. The number of ether oxygens (including phenoxy) is 1. The van der Waals surface area contributed by atoms with E-state index in [1.807, 2.05) is 49.1 Å². The van der Waals surface area contributed by atoms with Crippen LogP contribution < -0.4 is 10.5 Å². The highest BCUT2D eigenvalue weighted by Gasteiger charge is 2.33. The van der Waals surface area contributed by atoms with Crippen LogP contribution in [0.25, 0.3) is 22.4 Å². The average Bonchev–Trinajstić information content (AvgIpc) is 3.38. The zero-order valence-corrected chi connectivity index (χ0v) is 17.3. The number of nitrogens with zero attached hydrogens (tertiary/aromatic N) is 2. The maximum atomic E-state index is 12.7. The number of nitrogens with one attached hydrogen (secondary N) is 1. The van der Waals surface area contributed by atoms with Crippen molar-refractivity contribution in [2.75, 3.05) is 13.2 Å². The van der Waals surface area contributed by atoms with E-state index in [0.717, 1.165) is 23.9 Å². The summed E-state index contributed by atoms with van der Waals surface area (Å²) in [6.07, 6.45) is 1.79. The molecule has 30 heavy (non-hydrogen) atoms. The van der Waals surface area contributed by atoms with E-state index in [-0.39, 0.29) is 23.6 Å². The molecule has 1 aliphatic rings. The lowest BCUT2D eigenvalue weighted by Gasteiger charge is -2.28. The van der Waals surface area contributed by atoms with Crippen molar-refractivity contribution in [2.45, 2.75) is 38.8 Å². The summed E-state index contributed by atoms with van der Waals surface area (Å²) in [7, 11) is 0. The Balaban J connectivity index is 1.50. The Bertz CT molecular complexity index is 1010. The molecular weight excluding hydrogens is 380 g/mol. The number of likely N-dealkylation sites (tertiary alicyclic amines) is 1. The van der Waals surface area contributed by atoms with E-state index in [0.29, 0.717) is 30.3 Å². The number of imidazole rings is 1. The van der Waals surface area contributed by atoms with Gasteiger partial charge in [-0.05, 0) is 43.0 Å². The molecule has 2 unspecified atom stereocenters. The molecule has 4 rings (SSSR count). The molecule has 0 saturated carbocycles. The topological polar surface area (TPSA) is 104 Å². The molecular formula is C23H28N4O3. The first-order valence-corrected chi connectivity index (χ1v) is 10.4. The standard InChI is InChI=1S/C23H28N4O3/c1-14(2)20(24)23(29)27-12-6-7-15(27)13-30-19-11-5-8-16(21(19)28)22-25-17-9-3-4-10-18(17)26-22/h3-5,8-11,14-15,20,28H,6-7,12-13,24H2,1-2H3,(H,25,26). The number of aromatic hydroxyl groups is 1. The lowest BCUT2D eigenvalue weighted by atomic mass is 10.0. The third-order valence-corrected chi connectivity index (χ3v) is 5.74. The van der Waals surface area contributed by atoms with E-state index in [9.17, 15) is 9.90 Å². The smallest absolute Gasteiger partial charge is 0.240 e. The molecule has 1 amide bonds. The Hall–Kier alpha value is -3.06. The Labute approximate surface area is 175 Å². The minimum Gasteiger partial charge on any atom is -0.504 e. The molecule has 1 fully saturated rings. The largest absolute Gasteiger partial charge is 0.504 e. The van der Waals surface area contributed by atoms with Gasteiger partial charge in [0.2, 0.25) is 5.91 Å². The Morgan fingerprint density at radius 2 is 2.10 bits per heavy atom. The number of rotatable bonds is 6. The van der Waals surface area contributed by atoms with Gasteiger partial charge in [-0.3, -0.25) is 4.79 Å². The number of nitrogens with two attached hydrogens (primary N) is 1. The Morgan fingerprint density at radius 1 is 1.30 bits per heavy atom. The number of aromatic nitrogens is 2. The number of carbonyl (C=O) groups is 1. The first-order chi connectivity index (χ1) is 14.5. The van der Waals surface area contributed by atoms with Gasteiger partial charge in [-0.25, -0.2) is 4.98 Å². The number of para-hydroxylation sites is 3. The number of hydrogen-bond donors (Lipinski definition) is 3. The second-order valence-electron chi connectivity index (χ2n) is 8.16. The first-order valence-electron chi connectivity index (χ1n) is 10.4. The number of fused-ring (bicyclic) bond motifs is 1. The normalized spacial score (nSPS) is 17.6. The van der Waals surface area contributed by atoms with Gasteiger partial charge in [0.15, 0.2) is 11.5 Å². The number of phenols is 1. The fourth-order valence-corrected chi connectivity index (χ4v) is 3.87. The molecule has 7 nitrogen and oxygen atoms in total. The van der Waals surface area contributed by atoms with Gasteiger partial charge in [0, 0.05) is 6.54 Å². The first kappa shape index (κ1) is 20.2. The van der Waals surface area contributed by atoms with Crippen LogP contribution in [0, 0.1) is 5.92 Å². The number of amides is 1. The summed E-state index contributed by atoms with van der Waals surface area (Å²) in [5, 5.41) is 10.8. The molecule has 2 atom stereocenters. The molecule has 0 spiro atoms. The molecule has 1 saturated heterocycles. The molecule has 4 N–H and O–H groups in total. The summed E-state index contributed by atoms with van der Waals surface area (Å²) in [6, 6.07) is 12.5. The lowest BCUT2D eigenvalue weighted by Crippen LogP contribution is -2.49. The summed E-state index contributed by atoms with van der Waals surface area (Å²) in [4.78, 5) is 22.3. The molecule has 2 heterocycles. The SMILES string of the molecule is CC(C)C(N)C(=O)N1CCCC1COc1cccc(-c2nc3ccccc3[nH]2)c1O. The molecule has 0 bridgehead atoms. The van der Waals surface area contributed by atoms with E-state index in [2.05, 4.69) is 9.97 Å². The van der Waals surface area contributed by atoms with E-state index in [1.54, 1.807) is 12.1 Å². The monoisotopic (exact) mass is 408 g/mol. The van der Waals surface area contributed by atoms with Crippen molar-refractivity contribution in [2.24, 2.45) is 11.7 Å². The number of benzene rings is 2. The van der Waals surface area contributed by atoms with Gasteiger partial charge in [-0.1, -0.05) is 32.0 Å². The summed E-state index contributed by atoms with van der Waals surface area (Å²) < 4.78 is 5.95. The Kier molecular flexibility index (Phi) is 5.63. The highest BCUT2D eigenvalue weighted by atomic mass is 16.5. The highest BCUT2D eigenvalue weighted by Crippen LogP contribution is 2.36. The third kappa shape index (κ3) is 3.85. The summed E-state index contributed by atoms with van der Waals surface area (Å²) in [5.41, 5.74) is 8.38. The molecule has 7 heteroatoms. The number of phenolic OH excluding ortho intramolecular Hbond substituents is 1. The van der Waals surface area contributed by atoms with Crippen molar-refractivity contribution in [3.63, 3.8) is 0 Å². The second-order valence-corrected chi connectivity index (χ2v) is 8.16. The van der Waals surface area contributed by atoms with Crippen LogP contribution in [0.15, 0.2) is 42.5 Å². The van der Waals surface area contributed by atoms with Gasteiger partial charge in [0.05, 0.1) is 28.7 Å². The van der Waals surface area contributed by atoms with E-state index >= 15 is 0 Å². The molecule has 158 valence electrons. The van der Waals surface area contributed by atoms with Crippen molar-refractivity contribution >= 4 is 16.9 Å². The van der Waals surface area contributed by atoms with Gasteiger partial charge in [0.25, 0.3) is 0 Å². The van der Waals surface area contributed by atoms with Crippen molar-refractivity contribution < 1.29 is 14.6 Å². The molecule has 1 aromatic heterocycles. The number of carbonyl (C=O) groups excluding carboxylic acids is 1. The van der Waals surface area contributed by atoms with Crippen LogP contribution in [-0.2, 0) is 4.79 Å². The fraction of sp³-hybridized carbons (Fsp3) is 0.391. The van der Waals surface area contributed by atoms with E-state index < -0.39 is 6.04 Å². The number of aromatic amines is 1. The zero-order chi connectivity index (χ0) is 21.3. The average molecular weight is 409 g/mol. The molecule has 1 aliphatic heterocycles. The van der Waals surface area contributed by atoms with Gasteiger partial charge < -0.3 is 25.5 Å². The summed E-state index contributed by atoms with van der Waals surface area (Å²) in [6.45, 7) is 4.91. The van der Waals surface area contributed by atoms with Crippen molar-refractivity contribution in [1.82, 2.24) is 14.9 Å². The molecule has 3 aromatic rings. The highest BCUT2D eigenvalue weighted by molar-refractivity contribution is 5.82. The Morgan fingerprint density at radius 3 is 2.87 bits per heavy atom. The minimum atomic E-state index is -0.504. The second kappa shape index (κ2) is 8.36. The van der Waals surface area contributed by atoms with E-state index in [1.165, 1.54) is 0 Å². The maximum absolute atomic E-state index is 12.7. The van der Waals surface area contributed by atoms with E-state index in [4.69, 9.17) is 10.5 Å². The van der Waals surface area contributed by atoms with Crippen molar-refractivity contribution in [3.05, 3.63) is 42.5 Å². The van der Waals surface area contributed by atoms with Crippen LogP contribution in [0.3, 0.4) is 0 Å². The predicted molar refractivity (Wildman–Crippen MR) is 116 cm³/mol. The minimum absolute atomic E-state index is 0.0312.